The van der Waals surface area contributed by atoms with E-state index in [1.807, 2.05) is 19.9 Å². The number of H-pyrrole nitrogens is 1. The van der Waals surface area contributed by atoms with Gasteiger partial charge in [-0.3, -0.25) is 19.5 Å². The van der Waals surface area contributed by atoms with E-state index in [1.54, 1.807) is 6.92 Å². The van der Waals surface area contributed by atoms with Crippen LogP contribution in [0.25, 0.3) is 0 Å². The van der Waals surface area contributed by atoms with Crippen molar-refractivity contribution in [1.29, 1.82) is 0 Å². The zero-order valence-electron chi connectivity index (χ0n) is 21.0. The van der Waals surface area contributed by atoms with Gasteiger partial charge in [0, 0.05) is 43.6 Å². The Balaban J connectivity index is 1.46. The lowest BCUT2D eigenvalue weighted by Gasteiger charge is -2.24. The SMILES string of the molecule is CC(C)[C@H]1NC(=O)CCNc2cc(nc(NCc3cc(C4CC4)n[nH]3)n2)CCNC(=O)[C@H](C)NC1=O. The zero-order chi connectivity index (χ0) is 25.7. The molecule has 2 atom stereocenters. The molecule has 3 heterocycles. The van der Waals surface area contributed by atoms with Gasteiger partial charge in [0.25, 0.3) is 0 Å². The van der Waals surface area contributed by atoms with Gasteiger partial charge in [-0.1, -0.05) is 13.8 Å². The first-order chi connectivity index (χ1) is 17.3. The van der Waals surface area contributed by atoms with E-state index in [2.05, 4.69) is 52.8 Å². The Morgan fingerprint density at radius 2 is 1.78 bits per heavy atom. The van der Waals surface area contributed by atoms with E-state index >= 15 is 0 Å². The summed E-state index contributed by atoms with van der Waals surface area (Å²) in [5, 5.41) is 22.2. The number of carbonyl (C=O) groups excluding carboxylic acids is 3. The molecule has 1 aliphatic heterocycles. The minimum Gasteiger partial charge on any atom is -0.369 e. The molecule has 2 aromatic rings. The number of amides is 3. The van der Waals surface area contributed by atoms with E-state index in [9.17, 15) is 14.4 Å². The van der Waals surface area contributed by atoms with Gasteiger partial charge in [-0.2, -0.15) is 10.1 Å². The molecule has 0 aromatic carbocycles. The third kappa shape index (κ3) is 6.92. The fourth-order valence-corrected chi connectivity index (χ4v) is 3.95. The summed E-state index contributed by atoms with van der Waals surface area (Å²) in [6.07, 6.45) is 3.02. The number of hydrogen-bond donors (Lipinski definition) is 6. The van der Waals surface area contributed by atoms with Crippen LogP contribution in [0.4, 0.5) is 11.8 Å². The highest BCUT2D eigenvalue weighted by Crippen LogP contribution is 2.39. The number of rotatable bonds is 5. The number of aromatic nitrogens is 4. The van der Waals surface area contributed by atoms with Crippen molar-refractivity contribution in [3.05, 3.63) is 29.2 Å². The minimum absolute atomic E-state index is 0.135. The molecule has 6 N–H and O–H groups in total. The number of nitrogens with one attached hydrogen (secondary N) is 6. The van der Waals surface area contributed by atoms with E-state index < -0.39 is 12.1 Å². The van der Waals surface area contributed by atoms with Crippen LogP contribution in [0.1, 0.15) is 63.0 Å². The average molecular weight is 498 g/mol. The Morgan fingerprint density at radius 3 is 2.53 bits per heavy atom. The van der Waals surface area contributed by atoms with Gasteiger partial charge < -0.3 is 26.6 Å². The molecule has 36 heavy (non-hydrogen) atoms. The molecular formula is C24H35N9O3. The maximum atomic E-state index is 12.7. The monoisotopic (exact) mass is 497 g/mol. The maximum Gasteiger partial charge on any atom is 0.243 e. The first kappa shape index (κ1) is 25.4. The van der Waals surface area contributed by atoms with Crippen molar-refractivity contribution in [3.63, 3.8) is 0 Å². The predicted molar refractivity (Wildman–Crippen MR) is 134 cm³/mol. The van der Waals surface area contributed by atoms with Crippen LogP contribution in [0.5, 0.6) is 0 Å². The van der Waals surface area contributed by atoms with Crippen molar-refractivity contribution in [1.82, 2.24) is 36.1 Å². The largest absolute Gasteiger partial charge is 0.369 e. The van der Waals surface area contributed by atoms with Crippen molar-refractivity contribution in [3.8, 4) is 0 Å². The molecule has 0 unspecified atom stereocenters. The molecule has 0 radical (unpaired) electrons. The molecule has 2 aromatic heterocycles. The van der Waals surface area contributed by atoms with Gasteiger partial charge in [-0.05, 0) is 31.7 Å². The summed E-state index contributed by atoms with van der Waals surface area (Å²) in [6, 6.07) is 2.41. The molecule has 12 nitrogen and oxygen atoms in total. The van der Waals surface area contributed by atoms with Gasteiger partial charge in [0.1, 0.15) is 17.9 Å². The lowest BCUT2D eigenvalue weighted by molar-refractivity contribution is -0.132. The van der Waals surface area contributed by atoms with Crippen molar-refractivity contribution >= 4 is 29.5 Å². The maximum absolute atomic E-state index is 12.7. The highest BCUT2D eigenvalue weighted by molar-refractivity contribution is 5.92. The van der Waals surface area contributed by atoms with Crippen LogP contribution in [-0.2, 0) is 27.3 Å². The first-order valence-electron chi connectivity index (χ1n) is 12.6. The summed E-state index contributed by atoms with van der Waals surface area (Å²) in [4.78, 5) is 46.8. The van der Waals surface area contributed by atoms with E-state index in [1.165, 1.54) is 12.8 Å². The van der Waals surface area contributed by atoms with E-state index in [0.29, 0.717) is 43.7 Å². The molecule has 1 saturated carbocycles. The van der Waals surface area contributed by atoms with Gasteiger partial charge in [0.05, 0.1) is 17.9 Å². The highest BCUT2D eigenvalue weighted by Gasteiger charge is 2.27. The first-order valence-corrected chi connectivity index (χ1v) is 12.6. The Labute approximate surface area is 210 Å². The quantitative estimate of drug-likeness (QED) is 0.353. The van der Waals surface area contributed by atoms with Crippen LogP contribution in [0.15, 0.2) is 12.1 Å². The molecule has 2 aliphatic rings. The van der Waals surface area contributed by atoms with Crippen molar-refractivity contribution in [2.24, 2.45) is 5.92 Å². The van der Waals surface area contributed by atoms with E-state index in [0.717, 1.165) is 17.1 Å². The summed E-state index contributed by atoms with van der Waals surface area (Å²) < 4.78 is 0. The van der Waals surface area contributed by atoms with Crippen LogP contribution in [-0.4, -0.2) is 63.1 Å². The van der Waals surface area contributed by atoms with Crippen LogP contribution in [0.3, 0.4) is 0 Å². The Morgan fingerprint density at radius 1 is 1.00 bits per heavy atom. The summed E-state index contributed by atoms with van der Waals surface area (Å²) in [7, 11) is 0. The summed E-state index contributed by atoms with van der Waals surface area (Å²) in [5.41, 5.74) is 2.78. The van der Waals surface area contributed by atoms with Crippen LogP contribution in [0, 0.1) is 5.92 Å². The second-order valence-electron chi connectivity index (χ2n) is 9.75. The summed E-state index contributed by atoms with van der Waals surface area (Å²) in [5.74, 6) is 0.499. The summed E-state index contributed by atoms with van der Waals surface area (Å²) in [6.45, 7) is 6.50. The molecular weight excluding hydrogens is 462 g/mol. The van der Waals surface area contributed by atoms with Crippen LogP contribution in [0.2, 0.25) is 0 Å². The second-order valence-corrected chi connectivity index (χ2v) is 9.75. The third-order valence-electron chi connectivity index (χ3n) is 6.22. The number of fused-ring (bicyclic) bond motifs is 2. The number of carbonyl (C=O) groups is 3. The lowest BCUT2D eigenvalue weighted by atomic mass is 10.0. The molecule has 2 bridgehead atoms. The number of aromatic amines is 1. The van der Waals surface area contributed by atoms with Gasteiger partial charge in [-0.25, -0.2) is 4.98 Å². The molecule has 1 fully saturated rings. The van der Waals surface area contributed by atoms with Crippen LogP contribution >= 0.6 is 0 Å². The summed E-state index contributed by atoms with van der Waals surface area (Å²) >= 11 is 0. The van der Waals surface area contributed by atoms with Crippen LogP contribution < -0.4 is 26.6 Å². The van der Waals surface area contributed by atoms with Gasteiger partial charge in [-0.15, -0.1) is 0 Å². The van der Waals surface area contributed by atoms with Gasteiger partial charge in [0.2, 0.25) is 23.7 Å². The molecule has 4 rings (SSSR count). The normalized spacial score (nSPS) is 21.8. The molecule has 0 spiro atoms. The van der Waals surface area contributed by atoms with Crippen molar-refractivity contribution in [2.75, 3.05) is 23.7 Å². The van der Waals surface area contributed by atoms with Gasteiger partial charge >= 0.3 is 0 Å². The predicted octanol–water partition coefficient (Wildman–Crippen LogP) is 0.809. The highest BCUT2D eigenvalue weighted by atomic mass is 16.2. The molecule has 3 amide bonds. The lowest BCUT2D eigenvalue weighted by Crippen LogP contribution is -2.54. The fourth-order valence-electron chi connectivity index (χ4n) is 3.95. The van der Waals surface area contributed by atoms with E-state index in [-0.39, 0.29) is 30.1 Å². The zero-order valence-corrected chi connectivity index (χ0v) is 21.0. The molecule has 0 saturated heterocycles. The standard InChI is InChI=1S/C24H35N9O3/c1-13(2)21-23(36)28-14(3)22(35)26-8-6-16-11-19(25-9-7-20(34)31-21)30-24(29-16)27-12-17-10-18(33-32-17)15-4-5-15/h10-11,13-15,21H,4-9,12H2,1-3H3,(H,26,35)(H,28,36)(H,31,34)(H,32,33)(H2,25,27,29,30)/t14-,21+/m0/s1. The third-order valence-corrected chi connectivity index (χ3v) is 6.22. The fraction of sp³-hybridized carbons (Fsp3) is 0.583. The molecule has 194 valence electrons. The molecule has 1 aliphatic carbocycles. The average Bonchev–Trinajstić information content (AvgIpc) is 3.58. The molecule has 12 heteroatoms. The van der Waals surface area contributed by atoms with E-state index in [4.69, 9.17) is 0 Å². The Hall–Kier alpha value is -3.70. The van der Waals surface area contributed by atoms with Gasteiger partial charge in [0.15, 0.2) is 0 Å². The number of nitrogens with zero attached hydrogens (tertiary/aromatic N) is 3. The Kier molecular flexibility index (Phi) is 8.01. The second kappa shape index (κ2) is 11.4. The smallest absolute Gasteiger partial charge is 0.243 e. The van der Waals surface area contributed by atoms with Crippen molar-refractivity contribution in [2.45, 2.75) is 71.0 Å². The van der Waals surface area contributed by atoms with Crippen molar-refractivity contribution < 1.29 is 14.4 Å². The Bertz CT molecular complexity index is 1100. The minimum atomic E-state index is -0.738. The number of anilines is 2. The topological polar surface area (TPSA) is 166 Å². The number of hydrogen-bond acceptors (Lipinski definition) is 8.